The number of nitrogens with zero attached hydrogens (tertiary/aromatic N) is 4. The Kier molecular flexibility index (Phi) is 8.35. The summed E-state index contributed by atoms with van der Waals surface area (Å²) in [5.41, 5.74) is 3.76. The van der Waals surface area contributed by atoms with Gasteiger partial charge in [-0.05, 0) is 51.0 Å². The highest BCUT2D eigenvalue weighted by atomic mass is 35.5. The van der Waals surface area contributed by atoms with Crippen molar-refractivity contribution in [1.82, 2.24) is 14.7 Å². The maximum absolute atomic E-state index is 12.3. The molecule has 3 aliphatic rings. The van der Waals surface area contributed by atoms with E-state index in [4.69, 9.17) is 27.6 Å². The number of halogens is 2. The summed E-state index contributed by atoms with van der Waals surface area (Å²) in [6, 6.07) is 14.7. The highest BCUT2D eigenvalue weighted by Gasteiger charge is 2.21. The molecule has 2 aromatic carbocycles. The second-order valence-electron chi connectivity index (χ2n) is 10.5. The standard InChI is InChI=1S/C30H34Cl2N4O3/c1-33-8-10-34(2)12-14-36(15-13-35(3)11-9-33)21-6-4-20(5-7-21)30-22-16-24(31)26(37)18-28(22)39-29-19-27(38)25(32)17-23(29)30/h4-7,16-19,37H,8-15H2,1-3H3. The zero-order valence-electron chi connectivity index (χ0n) is 22.6. The molecule has 206 valence electrons. The Morgan fingerprint density at radius 3 is 1.90 bits per heavy atom. The van der Waals surface area contributed by atoms with Crippen LogP contribution in [-0.2, 0) is 0 Å². The third-order valence-electron chi connectivity index (χ3n) is 7.59. The average Bonchev–Trinajstić information content (AvgIpc) is 2.91. The van der Waals surface area contributed by atoms with Crippen molar-refractivity contribution in [2.75, 3.05) is 78.4 Å². The molecule has 2 heterocycles. The molecule has 0 amide bonds. The largest absolute Gasteiger partial charge is 0.506 e. The Labute approximate surface area is 239 Å². The predicted octanol–water partition coefficient (Wildman–Crippen LogP) is 5.19. The van der Waals surface area contributed by atoms with Crippen molar-refractivity contribution in [2.45, 2.75) is 0 Å². The number of hydrogen-bond acceptors (Lipinski definition) is 7. The predicted molar refractivity (Wildman–Crippen MR) is 161 cm³/mol. The molecular weight excluding hydrogens is 535 g/mol. The van der Waals surface area contributed by atoms with Gasteiger partial charge in [-0.25, -0.2) is 0 Å². The first kappa shape index (κ1) is 27.7. The Morgan fingerprint density at radius 2 is 1.31 bits per heavy atom. The number of aromatic hydroxyl groups is 1. The van der Waals surface area contributed by atoms with E-state index in [-0.39, 0.29) is 21.2 Å². The SMILES string of the molecule is CN1CCN(C)CCN(c2ccc(-c3c4cc(Cl)c(=O)cc-4oc4cc(O)c(Cl)cc34)cc2)CCN(C)CC1. The van der Waals surface area contributed by atoms with Crippen LogP contribution in [0.4, 0.5) is 5.69 Å². The van der Waals surface area contributed by atoms with E-state index in [1.165, 1.54) is 12.1 Å². The van der Waals surface area contributed by atoms with Gasteiger partial charge in [0.05, 0.1) is 10.0 Å². The van der Waals surface area contributed by atoms with Crippen molar-refractivity contribution >= 4 is 39.9 Å². The van der Waals surface area contributed by atoms with E-state index in [1.54, 1.807) is 12.1 Å². The van der Waals surface area contributed by atoms with Crippen LogP contribution in [0.2, 0.25) is 10.0 Å². The van der Waals surface area contributed by atoms with Gasteiger partial charge in [0.1, 0.15) is 17.1 Å². The number of hydrogen-bond donors (Lipinski definition) is 1. The summed E-state index contributed by atoms with van der Waals surface area (Å²) < 4.78 is 5.99. The zero-order chi connectivity index (χ0) is 27.7. The number of fused-ring (bicyclic) bond motifs is 2. The summed E-state index contributed by atoms with van der Waals surface area (Å²) in [7, 11) is 6.56. The first-order valence-corrected chi connectivity index (χ1v) is 13.9. The van der Waals surface area contributed by atoms with Gasteiger partial charge in [-0.15, -0.1) is 0 Å². The molecule has 2 aromatic rings. The summed E-state index contributed by atoms with van der Waals surface area (Å²) in [6.07, 6.45) is 0. The van der Waals surface area contributed by atoms with Crippen LogP contribution >= 0.6 is 23.2 Å². The summed E-state index contributed by atoms with van der Waals surface area (Å²) in [5, 5.41) is 11.3. The fourth-order valence-electron chi connectivity index (χ4n) is 5.02. The lowest BCUT2D eigenvalue weighted by Crippen LogP contribution is -2.43. The molecule has 2 aliphatic heterocycles. The minimum Gasteiger partial charge on any atom is -0.506 e. The number of benzene rings is 3. The molecule has 0 unspecified atom stereocenters. The van der Waals surface area contributed by atoms with Crippen LogP contribution in [0.3, 0.4) is 0 Å². The van der Waals surface area contributed by atoms with Gasteiger partial charge in [-0.3, -0.25) is 4.79 Å². The van der Waals surface area contributed by atoms with Gasteiger partial charge in [-0.1, -0.05) is 35.3 Å². The molecule has 5 rings (SSSR count). The van der Waals surface area contributed by atoms with Crippen molar-refractivity contribution in [1.29, 1.82) is 0 Å². The Bertz CT molecular complexity index is 1470. The molecule has 1 fully saturated rings. The summed E-state index contributed by atoms with van der Waals surface area (Å²) >= 11 is 12.6. The Balaban J connectivity index is 1.52. The smallest absolute Gasteiger partial charge is 0.200 e. The second kappa shape index (κ2) is 11.7. The molecule has 0 atom stereocenters. The molecule has 0 bridgehead atoms. The van der Waals surface area contributed by atoms with E-state index in [0.717, 1.165) is 74.6 Å². The topological polar surface area (TPSA) is 63.4 Å². The van der Waals surface area contributed by atoms with Crippen molar-refractivity contribution in [3.05, 3.63) is 68.8 Å². The zero-order valence-corrected chi connectivity index (χ0v) is 24.1. The van der Waals surface area contributed by atoms with Gasteiger partial charge < -0.3 is 29.1 Å². The number of phenolic OH excluding ortho intramolecular Hbond substituents is 1. The van der Waals surface area contributed by atoms with Crippen molar-refractivity contribution < 1.29 is 9.52 Å². The maximum Gasteiger partial charge on any atom is 0.200 e. The Hall–Kier alpha value is -2.81. The Morgan fingerprint density at radius 1 is 0.744 bits per heavy atom. The van der Waals surface area contributed by atoms with Gasteiger partial charge >= 0.3 is 0 Å². The molecule has 1 saturated heterocycles. The van der Waals surface area contributed by atoms with Gasteiger partial charge in [0.2, 0.25) is 5.43 Å². The minimum absolute atomic E-state index is 0.0817. The lowest BCUT2D eigenvalue weighted by atomic mass is 9.93. The van der Waals surface area contributed by atoms with E-state index in [9.17, 15) is 9.90 Å². The minimum atomic E-state index is -0.316. The van der Waals surface area contributed by atoms with E-state index in [0.29, 0.717) is 16.9 Å². The molecule has 39 heavy (non-hydrogen) atoms. The molecule has 0 saturated carbocycles. The van der Waals surface area contributed by atoms with E-state index in [1.807, 2.05) is 0 Å². The van der Waals surface area contributed by atoms with Crippen LogP contribution in [0.15, 0.2) is 57.7 Å². The van der Waals surface area contributed by atoms with Crippen LogP contribution in [0.25, 0.3) is 33.4 Å². The second-order valence-corrected chi connectivity index (χ2v) is 11.3. The molecule has 7 nitrogen and oxygen atoms in total. The average molecular weight is 570 g/mol. The van der Waals surface area contributed by atoms with E-state index < -0.39 is 0 Å². The fourth-order valence-corrected chi connectivity index (χ4v) is 5.35. The van der Waals surface area contributed by atoms with Crippen LogP contribution in [0, 0.1) is 0 Å². The first-order chi connectivity index (χ1) is 18.7. The summed E-state index contributed by atoms with van der Waals surface area (Å²) in [6.45, 7) is 8.02. The third-order valence-corrected chi connectivity index (χ3v) is 8.19. The maximum atomic E-state index is 12.3. The van der Waals surface area contributed by atoms with Gasteiger partial charge in [-0.2, -0.15) is 0 Å². The molecule has 0 radical (unpaired) electrons. The molecule has 1 aliphatic carbocycles. The lowest BCUT2D eigenvalue weighted by Gasteiger charge is -2.32. The molecule has 1 N–H and O–H groups in total. The van der Waals surface area contributed by atoms with E-state index >= 15 is 0 Å². The quantitative estimate of drug-likeness (QED) is 0.334. The van der Waals surface area contributed by atoms with Gasteiger partial charge in [0.15, 0.2) is 0 Å². The number of phenols is 1. The number of anilines is 1. The normalized spacial score (nSPS) is 17.4. The van der Waals surface area contributed by atoms with Crippen LogP contribution in [-0.4, -0.2) is 93.3 Å². The van der Waals surface area contributed by atoms with Crippen molar-refractivity contribution in [3.8, 4) is 28.2 Å². The van der Waals surface area contributed by atoms with Crippen LogP contribution in [0.5, 0.6) is 5.75 Å². The number of rotatable bonds is 2. The van der Waals surface area contributed by atoms with Crippen LogP contribution in [0.1, 0.15) is 0 Å². The first-order valence-electron chi connectivity index (χ1n) is 13.2. The van der Waals surface area contributed by atoms with E-state index in [2.05, 4.69) is 65.0 Å². The monoisotopic (exact) mass is 568 g/mol. The fraction of sp³-hybridized carbons (Fsp3) is 0.367. The highest BCUT2D eigenvalue weighted by molar-refractivity contribution is 6.33. The van der Waals surface area contributed by atoms with Gasteiger partial charge in [0, 0.05) is 86.7 Å². The van der Waals surface area contributed by atoms with Gasteiger partial charge in [0.25, 0.3) is 0 Å². The molecule has 0 spiro atoms. The van der Waals surface area contributed by atoms with Crippen LogP contribution < -0.4 is 10.3 Å². The summed E-state index contributed by atoms with van der Waals surface area (Å²) in [4.78, 5) is 21.9. The van der Waals surface area contributed by atoms with Crippen molar-refractivity contribution in [3.63, 3.8) is 0 Å². The molecular formula is C30H34Cl2N4O3. The lowest BCUT2D eigenvalue weighted by molar-refractivity contribution is 0.222. The molecule has 9 heteroatoms. The summed E-state index contributed by atoms with van der Waals surface area (Å²) in [5.74, 6) is 0.319. The molecule has 0 aromatic heterocycles. The third kappa shape index (κ3) is 6.18. The number of likely N-dealkylation sites (N-methyl/N-ethyl adjacent to an activating group) is 3. The highest BCUT2D eigenvalue weighted by Crippen LogP contribution is 2.43. The van der Waals surface area contributed by atoms with Crippen molar-refractivity contribution in [2.24, 2.45) is 0 Å².